The molecule has 40 heavy (non-hydrogen) atoms. The number of Topliss-reactive ketones (excluding diaryl/α,β-unsaturated/α-hetero) is 2. The Bertz CT molecular complexity index is 1740. The fourth-order valence-corrected chi connectivity index (χ4v) is 7.14. The van der Waals surface area contributed by atoms with Crippen LogP contribution in [0.3, 0.4) is 0 Å². The lowest BCUT2D eigenvalue weighted by molar-refractivity contribution is 0.0732. The van der Waals surface area contributed by atoms with Gasteiger partial charge in [0.15, 0.2) is 11.6 Å². The lowest BCUT2D eigenvalue weighted by Gasteiger charge is -2.24. The molecule has 0 unspecified atom stereocenters. The van der Waals surface area contributed by atoms with Crippen LogP contribution in [0.15, 0.2) is 18.2 Å². The Morgan fingerprint density at radius 3 is 1.55 bits per heavy atom. The van der Waals surface area contributed by atoms with Crippen LogP contribution in [0.1, 0.15) is 70.7 Å². The number of imide groups is 1. The summed E-state index contributed by atoms with van der Waals surface area (Å²) in [5.41, 5.74) is 0.391. The van der Waals surface area contributed by atoms with Gasteiger partial charge in [0.2, 0.25) is 0 Å². The molecule has 0 fully saturated rings. The van der Waals surface area contributed by atoms with Crippen LogP contribution in [-0.4, -0.2) is 33.3 Å². The van der Waals surface area contributed by atoms with Crippen molar-refractivity contribution in [3.8, 4) is 0 Å². The van der Waals surface area contributed by atoms with E-state index in [1.165, 1.54) is 6.07 Å². The number of fused-ring (bicyclic) bond motifs is 3. The van der Waals surface area contributed by atoms with E-state index in [4.69, 9.17) is 92.8 Å². The van der Waals surface area contributed by atoms with Crippen molar-refractivity contribution in [3.05, 3.63) is 97.6 Å². The molecule has 0 saturated heterocycles. The minimum absolute atomic E-state index is 0.0518. The van der Waals surface area contributed by atoms with Gasteiger partial charge in [-0.1, -0.05) is 105 Å². The predicted octanol–water partition coefficient (Wildman–Crippen LogP) is 9.05. The Hall–Kier alpha value is -1.87. The van der Waals surface area contributed by atoms with E-state index in [-0.39, 0.29) is 79.5 Å². The van der Waals surface area contributed by atoms with Crippen molar-refractivity contribution < 1.29 is 19.2 Å². The molecule has 0 saturated carbocycles. The fourth-order valence-electron chi connectivity index (χ4n) is 5.08. The second kappa shape index (κ2) is 9.85. The van der Waals surface area contributed by atoms with Crippen LogP contribution in [-0.2, 0) is 6.42 Å². The van der Waals surface area contributed by atoms with E-state index in [0.717, 1.165) is 4.90 Å². The van der Waals surface area contributed by atoms with Gasteiger partial charge in [0.25, 0.3) is 11.8 Å². The Morgan fingerprint density at radius 1 is 0.625 bits per heavy atom. The number of aryl methyl sites for hydroxylation is 1. The molecule has 2 heterocycles. The second-order valence-electron chi connectivity index (χ2n) is 8.99. The van der Waals surface area contributed by atoms with Gasteiger partial charge >= 0.3 is 0 Å². The first-order chi connectivity index (χ1) is 18.9. The number of halogens is 8. The Morgan fingerprint density at radius 2 is 1.07 bits per heavy atom. The zero-order valence-electron chi connectivity index (χ0n) is 19.3. The van der Waals surface area contributed by atoms with E-state index in [2.05, 4.69) is 4.98 Å². The average molecular weight is 696 g/mol. The summed E-state index contributed by atoms with van der Waals surface area (Å²) < 4.78 is 0. The number of rotatable bonds is 2. The highest BCUT2D eigenvalue weighted by atomic mass is 35.5. The van der Waals surface area contributed by atoms with Crippen molar-refractivity contribution in [1.82, 2.24) is 9.88 Å². The molecule has 2 aliphatic carbocycles. The topological polar surface area (TPSA) is 84.4 Å². The number of pyridine rings is 1. The number of carbonyl (C=O) groups excluding carboxylic acids is 4. The summed E-state index contributed by atoms with van der Waals surface area (Å²) in [7, 11) is 0. The van der Waals surface area contributed by atoms with E-state index in [0.29, 0.717) is 18.4 Å². The maximum atomic E-state index is 13.5. The van der Waals surface area contributed by atoms with Crippen molar-refractivity contribution in [2.45, 2.75) is 18.8 Å². The summed E-state index contributed by atoms with van der Waals surface area (Å²) >= 11 is 49.7. The van der Waals surface area contributed by atoms with Crippen molar-refractivity contribution in [2.75, 3.05) is 0 Å². The number of ketones is 2. The van der Waals surface area contributed by atoms with E-state index >= 15 is 0 Å². The van der Waals surface area contributed by atoms with Gasteiger partial charge in [-0.3, -0.25) is 19.2 Å². The normalized spacial score (nSPS) is 16.5. The van der Waals surface area contributed by atoms with E-state index in [1.807, 2.05) is 0 Å². The summed E-state index contributed by atoms with van der Waals surface area (Å²) in [6, 6.07) is 3.19. The highest BCUT2D eigenvalue weighted by Gasteiger charge is 2.47. The lowest BCUT2D eigenvalue weighted by atomic mass is 9.94. The monoisotopic (exact) mass is 692 g/mol. The molecule has 0 atom stereocenters. The molecular formula is C26H8Cl8N2O4. The molecule has 1 aromatic heterocycles. The van der Waals surface area contributed by atoms with Gasteiger partial charge in [-0.25, -0.2) is 9.88 Å². The Labute approximate surface area is 265 Å². The first-order valence-corrected chi connectivity index (χ1v) is 14.3. The Balaban J connectivity index is 1.46. The molecule has 0 radical (unpaired) electrons. The van der Waals surface area contributed by atoms with Crippen LogP contribution < -0.4 is 0 Å². The van der Waals surface area contributed by atoms with Crippen LogP contribution in [0.4, 0.5) is 0 Å². The highest BCUT2D eigenvalue weighted by molar-refractivity contribution is 6.56. The number of aromatic nitrogens is 1. The molecule has 6 rings (SSSR count). The molecule has 0 spiro atoms. The molecule has 2 aromatic carbocycles. The first-order valence-electron chi connectivity index (χ1n) is 11.3. The standard InChI is InChI=1S/C26H8Cl8N2O4/c27-14-10-11(15(28)19(32)18(14)31)24(38)9(23(10)37)7-5-4-6-2-1-3-8(22(6)35-7)36-25(39)12-13(26(36)40)17(30)21(34)20(33)16(12)29/h3-5,9H,1-2H2. The second-order valence-corrected chi connectivity index (χ2v) is 12.0. The molecule has 202 valence electrons. The number of allylic oxidation sites excluding steroid dienone is 1. The van der Waals surface area contributed by atoms with Crippen molar-refractivity contribution in [2.24, 2.45) is 0 Å². The van der Waals surface area contributed by atoms with Crippen LogP contribution >= 0.6 is 92.8 Å². The molecule has 0 bridgehead atoms. The van der Waals surface area contributed by atoms with Crippen LogP contribution in [0.25, 0.3) is 5.70 Å². The van der Waals surface area contributed by atoms with Gasteiger partial charge in [-0.05, 0) is 24.5 Å². The molecule has 1 aliphatic heterocycles. The quantitative estimate of drug-likeness (QED) is 0.116. The zero-order valence-corrected chi connectivity index (χ0v) is 25.3. The van der Waals surface area contributed by atoms with Crippen LogP contribution in [0.5, 0.6) is 0 Å². The fraction of sp³-hybridized carbons (Fsp3) is 0.115. The van der Waals surface area contributed by atoms with Gasteiger partial charge in [0.05, 0.1) is 79.5 Å². The van der Waals surface area contributed by atoms with Crippen molar-refractivity contribution in [1.29, 1.82) is 0 Å². The summed E-state index contributed by atoms with van der Waals surface area (Å²) in [6.07, 6.45) is 2.63. The molecule has 3 aliphatic rings. The maximum absolute atomic E-state index is 13.5. The Kier molecular flexibility index (Phi) is 6.96. The smallest absolute Gasteiger partial charge is 0.267 e. The minimum atomic E-state index is -1.41. The van der Waals surface area contributed by atoms with Gasteiger partial charge < -0.3 is 0 Å². The number of nitrogens with zero attached hydrogens (tertiary/aromatic N) is 2. The summed E-state index contributed by atoms with van der Waals surface area (Å²) in [6.45, 7) is 0. The largest absolute Gasteiger partial charge is 0.293 e. The highest BCUT2D eigenvalue weighted by Crippen LogP contribution is 2.49. The lowest BCUT2D eigenvalue weighted by Crippen LogP contribution is -2.30. The van der Waals surface area contributed by atoms with Crippen LogP contribution in [0.2, 0.25) is 40.2 Å². The van der Waals surface area contributed by atoms with E-state index < -0.39 is 29.3 Å². The number of amides is 2. The van der Waals surface area contributed by atoms with Gasteiger partial charge in [-0.15, -0.1) is 0 Å². The maximum Gasteiger partial charge on any atom is 0.267 e. The third-order valence-electron chi connectivity index (χ3n) is 6.92. The van der Waals surface area contributed by atoms with Gasteiger partial charge in [-0.2, -0.15) is 0 Å². The van der Waals surface area contributed by atoms with Crippen molar-refractivity contribution in [3.63, 3.8) is 0 Å². The van der Waals surface area contributed by atoms with Crippen molar-refractivity contribution >= 4 is 122 Å². The SMILES string of the molecule is O=C1c2c(Cl)c(Cl)c(Cl)c(Cl)c2C(=O)C1c1ccc2c(n1)C(N1C(=O)c3c(Cl)c(Cl)c(Cl)c(Cl)c3C1=O)=CCC2. The number of carbonyl (C=O) groups is 4. The average Bonchev–Trinajstić information content (AvgIpc) is 3.35. The number of hydrogen-bond acceptors (Lipinski definition) is 5. The molecule has 6 nitrogen and oxygen atoms in total. The molecular weight excluding hydrogens is 688 g/mol. The molecule has 14 heteroatoms. The third kappa shape index (κ3) is 3.74. The first kappa shape index (κ1) is 28.3. The van der Waals surface area contributed by atoms with Gasteiger partial charge in [0, 0.05) is 0 Å². The zero-order chi connectivity index (χ0) is 28.9. The van der Waals surface area contributed by atoms with E-state index in [1.54, 1.807) is 12.1 Å². The number of benzene rings is 2. The number of hydrogen-bond donors (Lipinski definition) is 0. The van der Waals surface area contributed by atoms with E-state index in [9.17, 15) is 19.2 Å². The molecule has 3 aromatic rings. The summed E-state index contributed by atoms with van der Waals surface area (Å²) in [4.78, 5) is 59.4. The molecule has 2 amide bonds. The summed E-state index contributed by atoms with van der Waals surface area (Å²) in [5, 5.41) is -1.44. The van der Waals surface area contributed by atoms with Gasteiger partial charge in [0.1, 0.15) is 5.92 Å². The summed E-state index contributed by atoms with van der Waals surface area (Å²) in [5.74, 6) is -4.29. The molecule has 0 N–H and O–H groups in total. The predicted molar refractivity (Wildman–Crippen MR) is 155 cm³/mol. The van der Waals surface area contributed by atoms with Crippen LogP contribution in [0, 0.1) is 0 Å². The minimum Gasteiger partial charge on any atom is -0.293 e. The third-order valence-corrected chi connectivity index (χ3v) is 10.5.